The first-order valence-corrected chi connectivity index (χ1v) is 5.42. The molecule has 2 aromatic rings. The van der Waals surface area contributed by atoms with Gasteiger partial charge >= 0.3 is 0 Å². The molecule has 82 valence electrons. The van der Waals surface area contributed by atoms with Gasteiger partial charge in [-0.25, -0.2) is 9.97 Å². The van der Waals surface area contributed by atoms with Crippen molar-refractivity contribution in [1.29, 1.82) is 0 Å². The molecule has 0 radical (unpaired) electrons. The van der Waals surface area contributed by atoms with Gasteiger partial charge in [-0.1, -0.05) is 0 Å². The van der Waals surface area contributed by atoms with Crippen LogP contribution in [0.5, 0.6) is 5.88 Å². The minimum Gasteiger partial charge on any atom is -0.481 e. The molecule has 1 fully saturated rings. The number of imidazole rings is 1. The van der Waals surface area contributed by atoms with Crippen LogP contribution in [0.2, 0.25) is 0 Å². The largest absolute Gasteiger partial charge is 0.481 e. The lowest BCUT2D eigenvalue weighted by atomic mass is 10.2. The molecule has 2 aromatic heterocycles. The Morgan fingerprint density at radius 1 is 1.31 bits per heavy atom. The summed E-state index contributed by atoms with van der Waals surface area (Å²) in [5.74, 6) is 1.63. The van der Waals surface area contributed by atoms with Crippen LogP contribution in [0.1, 0.15) is 18.9 Å². The summed E-state index contributed by atoms with van der Waals surface area (Å²) in [6.45, 7) is 0. The first-order valence-electron chi connectivity index (χ1n) is 5.42. The van der Waals surface area contributed by atoms with E-state index in [0.717, 1.165) is 11.4 Å². The van der Waals surface area contributed by atoms with E-state index in [-0.39, 0.29) is 0 Å². The van der Waals surface area contributed by atoms with E-state index in [2.05, 4.69) is 14.5 Å². The first kappa shape index (κ1) is 9.39. The van der Waals surface area contributed by atoms with Crippen LogP contribution >= 0.6 is 0 Å². The lowest BCUT2D eigenvalue weighted by Gasteiger charge is -2.06. The van der Waals surface area contributed by atoms with E-state index in [1.165, 1.54) is 12.8 Å². The Hall–Kier alpha value is -1.84. The normalized spacial score (nSPS) is 15.1. The summed E-state index contributed by atoms with van der Waals surface area (Å²) >= 11 is 0. The van der Waals surface area contributed by atoms with Crippen LogP contribution in [0, 0.1) is 0 Å². The van der Waals surface area contributed by atoms with Crippen LogP contribution in [0.25, 0.3) is 11.4 Å². The second kappa shape index (κ2) is 3.63. The Labute approximate surface area is 93.9 Å². The van der Waals surface area contributed by atoms with Crippen molar-refractivity contribution in [2.45, 2.75) is 18.9 Å². The predicted octanol–water partition coefficient (Wildman–Crippen LogP) is 2.29. The van der Waals surface area contributed by atoms with Crippen molar-refractivity contribution in [2.24, 2.45) is 0 Å². The number of methoxy groups -OCH3 is 1. The molecule has 1 aliphatic carbocycles. The van der Waals surface area contributed by atoms with E-state index in [1.807, 2.05) is 24.5 Å². The lowest BCUT2D eigenvalue weighted by molar-refractivity contribution is 0.398. The van der Waals surface area contributed by atoms with Gasteiger partial charge < -0.3 is 9.30 Å². The van der Waals surface area contributed by atoms with Gasteiger partial charge in [-0.05, 0) is 18.9 Å². The molecule has 3 rings (SSSR count). The Balaban J connectivity index is 2.03. The summed E-state index contributed by atoms with van der Waals surface area (Å²) in [7, 11) is 1.62. The highest BCUT2D eigenvalue weighted by atomic mass is 16.5. The maximum Gasteiger partial charge on any atom is 0.213 e. The summed E-state index contributed by atoms with van der Waals surface area (Å²) in [6.07, 6.45) is 8.15. The molecule has 0 amide bonds. The molecule has 0 aromatic carbocycles. The van der Waals surface area contributed by atoms with Crippen molar-refractivity contribution >= 4 is 0 Å². The Morgan fingerprint density at radius 3 is 2.94 bits per heavy atom. The molecular formula is C12H13N3O. The van der Waals surface area contributed by atoms with Crippen molar-refractivity contribution in [2.75, 3.05) is 7.11 Å². The molecule has 4 heteroatoms. The van der Waals surface area contributed by atoms with E-state index in [4.69, 9.17) is 4.74 Å². The van der Waals surface area contributed by atoms with Gasteiger partial charge in [-0.2, -0.15) is 0 Å². The number of ether oxygens (including phenoxy) is 1. The molecule has 0 unspecified atom stereocenters. The van der Waals surface area contributed by atoms with Crippen molar-refractivity contribution in [3.8, 4) is 17.3 Å². The number of nitrogens with zero attached hydrogens (tertiary/aromatic N) is 3. The highest BCUT2D eigenvalue weighted by Gasteiger charge is 2.25. The number of aromatic nitrogens is 3. The first-order chi connectivity index (χ1) is 7.88. The Morgan fingerprint density at radius 2 is 2.19 bits per heavy atom. The fourth-order valence-electron chi connectivity index (χ4n) is 1.84. The number of hydrogen-bond acceptors (Lipinski definition) is 3. The monoisotopic (exact) mass is 215 g/mol. The van der Waals surface area contributed by atoms with Gasteiger partial charge in [-0.15, -0.1) is 0 Å². The predicted molar refractivity (Wildman–Crippen MR) is 60.3 cm³/mol. The van der Waals surface area contributed by atoms with Gasteiger partial charge in [0.2, 0.25) is 5.88 Å². The molecule has 0 spiro atoms. The molecule has 0 aliphatic heterocycles. The molecule has 16 heavy (non-hydrogen) atoms. The summed E-state index contributed by atoms with van der Waals surface area (Å²) in [5, 5.41) is 0. The zero-order valence-corrected chi connectivity index (χ0v) is 9.13. The second-order valence-electron chi connectivity index (χ2n) is 3.98. The quantitative estimate of drug-likeness (QED) is 0.788. The van der Waals surface area contributed by atoms with E-state index in [1.54, 1.807) is 13.3 Å². The third kappa shape index (κ3) is 1.56. The van der Waals surface area contributed by atoms with Gasteiger partial charge in [0.1, 0.15) is 5.82 Å². The molecule has 0 saturated heterocycles. The second-order valence-corrected chi connectivity index (χ2v) is 3.98. The minimum absolute atomic E-state index is 0.628. The van der Waals surface area contributed by atoms with Crippen molar-refractivity contribution in [1.82, 2.24) is 14.5 Å². The highest BCUT2D eigenvalue weighted by Crippen LogP contribution is 2.37. The zero-order valence-electron chi connectivity index (χ0n) is 9.13. The third-order valence-corrected chi connectivity index (χ3v) is 2.81. The van der Waals surface area contributed by atoms with Crippen molar-refractivity contribution in [3.05, 3.63) is 30.7 Å². The lowest BCUT2D eigenvalue weighted by Crippen LogP contribution is -1.96. The molecular weight excluding hydrogens is 202 g/mol. The fraction of sp³-hybridized carbons (Fsp3) is 0.333. The van der Waals surface area contributed by atoms with Crippen LogP contribution in [-0.4, -0.2) is 21.6 Å². The van der Waals surface area contributed by atoms with Crippen LogP contribution < -0.4 is 4.74 Å². The van der Waals surface area contributed by atoms with Gasteiger partial charge in [0.05, 0.1) is 7.11 Å². The maximum atomic E-state index is 5.12. The van der Waals surface area contributed by atoms with E-state index in [0.29, 0.717) is 11.9 Å². The topological polar surface area (TPSA) is 39.9 Å². The zero-order chi connectivity index (χ0) is 11.0. The molecule has 1 aliphatic rings. The van der Waals surface area contributed by atoms with E-state index in [9.17, 15) is 0 Å². The molecule has 4 nitrogen and oxygen atoms in total. The molecule has 1 saturated carbocycles. The van der Waals surface area contributed by atoms with Crippen LogP contribution in [0.15, 0.2) is 30.7 Å². The van der Waals surface area contributed by atoms with E-state index < -0.39 is 0 Å². The molecule has 0 N–H and O–H groups in total. The summed E-state index contributed by atoms with van der Waals surface area (Å²) in [4.78, 5) is 8.50. The number of rotatable bonds is 3. The average Bonchev–Trinajstić information content (AvgIpc) is 3.07. The van der Waals surface area contributed by atoms with Crippen LogP contribution in [0.4, 0.5) is 0 Å². The van der Waals surface area contributed by atoms with Crippen LogP contribution in [-0.2, 0) is 0 Å². The Bertz CT molecular complexity index is 502. The van der Waals surface area contributed by atoms with E-state index >= 15 is 0 Å². The van der Waals surface area contributed by atoms with Gasteiger partial charge in [0.15, 0.2) is 0 Å². The van der Waals surface area contributed by atoms with Gasteiger partial charge in [0, 0.05) is 36.3 Å². The molecule has 2 heterocycles. The van der Waals surface area contributed by atoms with Gasteiger partial charge in [0.25, 0.3) is 0 Å². The molecule has 0 bridgehead atoms. The molecule has 0 atom stereocenters. The summed E-state index contributed by atoms with van der Waals surface area (Å²) in [5.41, 5.74) is 1.06. The fourth-order valence-corrected chi connectivity index (χ4v) is 1.84. The minimum atomic E-state index is 0.628. The summed E-state index contributed by atoms with van der Waals surface area (Å²) in [6, 6.07) is 4.52. The van der Waals surface area contributed by atoms with Crippen molar-refractivity contribution in [3.63, 3.8) is 0 Å². The smallest absolute Gasteiger partial charge is 0.213 e. The standard InChI is InChI=1S/C12H13N3O/c1-16-11-8-9(4-5-13-11)12-14-6-7-15(12)10-2-3-10/h4-8,10H,2-3H2,1H3. The highest BCUT2D eigenvalue weighted by molar-refractivity contribution is 5.56. The Kier molecular flexibility index (Phi) is 2.13. The SMILES string of the molecule is COc1cc(-c2nccn2C2CC2)ccn1. The number of pyridine rings is 1. The maximum absolute atomic E-state index is 5.12. The van der Waals surface area contributed by atoms with Crippen LogP contribution in [0.3, 0.4) is 0 Å². The number of hydrogen-bond donors (Lipinski definition) is 0. The third-order valence-electron chi connectivity index (χ3n) is 2.81. The van der Waals surface area contributed by atoms with Gasteiger partial charge in [-0.3, -0.25) is 0 Å². The average molecular weight is 215 g/mol. The summed E-state index contributed by atoms with van der Waals surface area (Å²) < 4.78 is 7.35. The van der Waals surface area contributed by atoms with Crippen molar-refractivity contribution < 1.29 is 4.74 Å².